The molecule has 9 nitrogen and oxygen atoms in total. The molecule has 0 aromatic rings. The Bertz CT molecular complexity index is 1170. The summed E-state index contributed by atoms with van der Waals surface area (Å²) in [6.07, 6.45) is 1.03. The van der Waals surface area contributed by atoms with Crippen molar-refractivity contribution in [2.24, 2.45) is 28.6 Å². The minimum atomic E-state index is -1.82. The van der Waals surface area contributed by atoms with E-state index >= 15 is 0 Å². The van der Waals surface area contributed by atoms with E-state index in [-0.39, 0.29) is 31.5 Å². The molecule has 0 aromatic heterocycles. The molecular weight excluding hydrogens is 504 g/mol. The molecule has 3 saturated carbocycles. The molecular formula is C30H42O9. The number of cyclic esters (lactones) is 1. The Labute approximate surface area is 229 Å². The highest BCUT2D eigenvalue weighted by molar-refractivity contribution is 5.97. The third-order valence-electron chi connectivity index (χ3n) is 12.0. The number of ether oxygens (including phenoxy) is 2. The number of esters is 2. The summed E-state index contributed by atoms with van der Waals surface area (Å²) in [5.41, 5.74) is -6.32. The van der Waals surface area contributed by atoms with Crippen molar-refractivity contribution in [1.29, 1.82) is 0 Å². The number of allylic oxidation sites excluding steroid dienone is 1. The van der Waals surface area contributed by atoms with Crippen LogP contribution in [0.1, 0.15) is 80.1 Å². The first kappa shape index (κ1) is 28.5. The van der Waals surface area contributed by atoms with Crippen LogP contribution in [0.4, 0.5) is 0 Å². The van der Waals surface area contributed by atoms with Crippen LogP contribution in [0, 0.1) is 28.6 Å². The third-order valence-corrected chi connectivity index (χ3v) is 12.0. The maximum Gasteiger partial charge on any atom is 0.333 e. The first-order valence-corrected chi connectivity index (χ1v) is 14.1. The smallest absolute Gasteiger partial charge is 0.333 e. The van der Waals surface area contributed by atoms with Crippen molar-refractivity contribution in [3.8, 4) is 0 Å². The standard InChI is InChI=1S/C30H42O9/c1-15-12-21(39-25(34)16(15)2)17(3)29(36)14-24(38-18(4)31)30(37)20-13-23(33)28(35)10-7-8-22(32)27(28,6)19(20)9-11-26(29,30)5/h7-8,17,19-21,23-24,33,35-37H,9-14H2,1-6H3/t17-,19+,20-,21-,23-,24+,26-,27+,28+,29-,30-/m1/s1. The summed E-state index contributed by atoms with van der Waals surface area (Å²) >= 11 is 0. The van der Waals surface area contributed by atoms with Crippen LogP contribution in [0.15, 0.2) is 23.3 Å². The topological polar surface area (TPSA) is 151 Å². The Morgan fingerprint density at radius 2 is 1.82 bits per heavy atom. The van der Waals surface area contributed by atoms with Gasteiger partial charge in [-0.05, 0) is 64.4 Å². The molecule has 4 aliphatic carbocycles. The van der Waals surface area contributed by atoms with Gasteiger partial charge >= 0.3 is 11.9 Å². The fourth-order valence-electron chi connectivity index (χ4n) is 9.29. The Hall–Kier alpha value is -2.07. The van der Waals surface area contributed by atoms with Gasteiger partial charge < -0.3 is 29.9 Å². The molecule has 5 aliphatic rings. The van der Waals surface area contributed by atoms with Crippen LogP contribution in [0.2, 0.25) is 0 Å². The second-order valence-corrected chi connectivity index (χ2v) is 13.3. The van der Waals surface area contributed by atoms with Crippen molar-refractivity contribution in [3.05, 3.63) is 23.3 Å². The summed E-state index contributed by atoms with van der Waals surface area (Å²) in [5.74, 6) is -3.28. The van der Waals surface area contributed by atoms with Gasteiger partial charge in [-0.25, -0.2) is 4.79 Å². The van der Waals surface area contributed by atoms with E-state index in [1.807, 2.05) is 6.92 Å². The van der Waals surface area contributed by atoms with Gasteiger partial charge in [-0.3, -0.25) is 9.59 Å². The first-order chi connectivity index (χ1) is 18.0. The van der Waals surface area contributed by atoms with Crippen LogP contribution in [0.5, 0.6) is 0 Å². The minimum Gasteiger partial charge on any atom is -0.459 e. The lowest BCUT2D eigenvalue weighted by molar-refractivity contribution is -0.291. The number of hydrogen-bond acceptors (Lipinski definition) is 9. The van der Waals surface area contributed by atoms with Crippen molar-refractivity contribution in [1.82, 2.24) is 0 Å². The molecule has 1 heterocycles. The van der Waals surface area contributed by atoms with Gasteiger partial charge in [0.05, 0.1) is 17.1 Å². The predicted molar refractivity (Wildman–Crippen MR) is 139 cm³/mol. The van der Waals surface area contributed by atoms with Gasteiger partial charge in [-0.1, -0.05) is 25.5 Å². The predicted octanol–water partition coefficient (Wildman–Crippen LogP) is 2.14. The maximum absolute atomic E-state index is 13.4. The fourth-order valence-corrected chi connectivity index (χ4v) is 9.29. The second-order valence-electron chi connectivity index (χ2n) is 13.3. The summed E-state index contributed by atoms with van der Waals surface area (Å²) in [6, 6.07) is 0. The number of aliphatic hydroxyl groups excluding tert-OH is 1. The molecule has 9 heteroatoms. The zero-order chi connectivity index (χ0) is 28.9. The van der Waals surface area contributed by atoms with Crippen molar-refractivity contribution >= 4 is 17.7 Å². The van der Waals surface area contributed by atoms with E-state index in [9.17, 15) is 34.8 Å². The quantitative estimate of drug-likeness (QED) is 0.390. The van der Waals surface area contributed by atoms with E-state index in [0.717, 1.165) is 5.57 Å². The molecule has 1 aliphatic heterocycles. The number of hydrogen-bond donors (Lipinski definition) is 4. The second kappa shape index (κ2) is 8.71. The van der Waals surface area contributed by atoms with Crippen LogP contribution in [0.3, 0.4) is 0 Å². The Morgan fingerprint density at radius 3 is 2.44 bits per heavy atom. The summed E-state index contributed by atoms with van der Waals surface area (Å²) < 4.78 is 11.5. The molecule has 11 atom stereocenters. The van der Waals surface area contributed by atoms with E-state index in [2.05, 4.69) is 0 Å². The van der Waals surface area contributed by atoms with Crippen LogP contribution < -0.4 is 0 Å². The van der Waals surface area contributed by atoms with E-state index in [0.29, 0.717) is 18.4 Å². The molecule has 0 aromatic carbocycles. The van der Waals surface area contributed by atoms with Gasteiger partial charge in [-0.2, -0.15) is 0 Å². The van der Waals surface area contributed by atoms with Crippen LogP contribution >= 0.6 is 0 Å². The highest BCUT2D eigenvalue weighted by Gasteiger charge is 2.80. The molecule has 0 spiro atoms. The average Bonchev–Trinajstić information content (AvgIpc) is 3.03. The summed E-state index contributed by atoms with van der Waals surface area (Å²) in [7, 11) is 0. The minimum absolute atomic E-state index is 0.0222. The Kier molecular flexibility index (Phi) is 6.36. The summed E-state index contributed by atoms with van der Waals surface area (Å²) in [4.78, 5) is 38.3. The van der Waals surface area contributed by atoms with Crippen molar-refractivity contribution in [3.63, 3.8) is 0 Å². The molecule has 216 valence electrons. The molecule has 0 unspecified atom stereocenters. The molecule has 0 amide bonds. The molecule has 0 saturated heterocycles. The molecule has 4 N–H and O–H groups in total. The van der Waals surface area contributed by atoms with E-state index < -0.39 is 75.6 Å². The SMILES string of the molecule is CC(=O)O[C@H]1C[C@@](O)([C@H](C)[C@H]2CC(C)=C(C)C(=O)O2)[C@@]2(C)CC[C@H]3[C@@H](C[C@@H](O)[C@@]4(O)CC=CC(=O)[C@]34C)[C@@]12O. The monoisotopic (exact) mass is 546 g/mol. The van der Waals surface area contributed by atoms with Crippen LogP contribution in [0.25, 0.3) is 0 Å². The molecule has 3 fully saturated rings. The first-order valence-electron chi connectivity index (χ1n) is 14.1. The fraction of sp³-hybridized carbons (Fsp3) is 0.767. The van der Waals surface area contributed by atoms with Crippen LogP contribution in [-0.4, -0.2) is 73.3 Å². The number of fused-ring (bicyclic) bond motifs is 5. The lowest BCUT2D eigenvalue weighted by Crippen LogP contribution is -2.75. The summed E-state index contributed by atoms with van der Waals surface area (Å²) in [6.45, 7) is 10.0. The normalized spacial score (nSPS) is 50.1. The highest BCUT2D eigenvalue weighted by atomic mass is 16.6. The number of rotatable bonds is 3. The Balaban J connectivity index is 1.61. The third kappa shape index (κ3) is 3.36. The van der Waals surface area contributed by atoms with Gasteiger partial charge in [0, 0.05) is 36.7 Å². The number of carbonyl (C=O) groups is 3. The average molecular weight is 547 g/mol. The lowest BCUT2D eigenvalue weighted by atomic mass is 9.41. The highest BCUT2D eigenvalue weighted by Crippen LogP contribution is 2.71. The van der Waals surface area contributed by atoms with Gasteiger partial charge in [0.2, 0.25) is 0 Å². The van der Waals surface area contributed by atoms with Gasteiger partial charge in [-0.15, -0.1) is 0 Å². The number of carbonyl (C=O) groups excluding carboxylic acids is 3. The zero-order valence-electron chi connectivity index (χ0n) is 23.7. The molecule has 0 radical (unpaired) electrons. The van der Waals surface area contributed by atoms with Crippen molar-refractivity contribution in [2.75, 3.05) is 0 Å². The Morgan fingerprint density at radius 1 is 1.15 bits per heavy atom. The molecule has 5 rings (SSSR count). The van der Waals surface area contributed by atoms with Gasteiger partial charge in [0.15, 0.2) is 5.78 Å². The molecule has 39 heavy (non-hydrogen) atoms. The van der Waals surface area contributed by atoms with E-state index in [4.69, 9.17) is 9.47 Å². The van der Waals surface area contributed by atoms with Crippen molar-refractivity contribution in [2.45, 2.75) is 115 Å². The van der Waals surface area contributed by atoms with Gasteiger partial charge in [0.1, 0.15) is 23.4 Å². The number of aliphatic hydroxyl groups is 4. The molecule has 0 bridgehead atoms. The zero-order valence-corrected chi connectivity index (χ0v) is 23.7. The van der Waals surface area contributed by atoms with Gasteiger partial charge in [0.25, 0.3) is 0 Å². The van der Waals surface area contributed by atoms with Crippen LogP contribution in [-0.2, 0) is 23.9 Å². The summed E-state index contributed by atoms with van der Waals surface area (Å²) in [5, 5.41) is 48.4. The van der Waals surface area contributed by atoms with Crippen molar-refractivity contribution < 1.29 is 44.3 Å². The number of ketones is 1. The largest absolute Gasteiger partial charge is 0.459 e. The van der Waals surface area contributed by atoms with E-state index in [1.54, 1.807) is 33.8 Å². The van der Waals surface area contributed by atoms with E-state index in [1.165, 1.54) is 13.0 Å². The maximum atomic E-state index is 13.4. The lowest BCUT2D eigenvalue weighted by Gasteiger charge is -2.66.